The first-order chi connectivity index (χ1) is 14.5. The van der Waals surface area contributed by atoms with Gasteiger partial charge in [-0.15, -0.1) is 0 Å². The van der Waals surface area contributed by atoms with E-state index in [9.17, 15) is 14.4 Å². The predicted molar refractivity (Wildman–Crippen MR) is 107 cm³/mol. The second-order valence-electron chi connectivity index (χ2n) is 7.88. The van der Waals surface area contributed by atoms with Crippen molar-refractivity contribution in [2.24, 2.45) is 17.8 Å². The average molecular weight is 414 g/mol. The third kappa shape index (κ3) is 3.25. The van der Waals surface area contributed by atoms with Gasteiger partial charge in [0.15, 0.2) is 5.92 Å². The third-order valence-electron chi connectivity index (χ3n) is 6.56. The molecule has 1 N–H and O–H groups in total. The van der Waals surface area contributed by atoms with E-state index < -0.39 is 35.7 Å². The Morgan fingerprint density at radius 3 is 2.43 bits per heavy atom. The van der Waals surface area contributed by atoms with Crippen molar-refractivity contribution in [3.05, 3.63) is 35.5 Å². The highest BCUT2D eigenvalue weighted by molar-refractivity contribution is 5.96. The van der Waals surface area contributed by atoms with Gasteiger partial charge in [0.2, 0.25) is 0 Å². The number of para-hydroxylation sites is 1. The molecule has 30 heavy (non-hydrogen) atoms. The van der Waals surface area contributed by atoms with Gasteiger partial charge in [0.1, 0.15) is 0 Å². The molecule has 160 valence electrons. The molecule has 1 aromatic heterocycles. The second kappa shape index (κ2) is 8.10. The fourth-order valence-electron chi connectivity index (χ4n) is 5.13. The van der Waals surface area contributed by atoms with E-state index in [-0.39, 0.29) is 6.04 Å². The smallest absolute Gasteiger partial charge is 0.320 e. The highest BCUT2D eigenvalue weighted by Crippen LogP contribution is 2.45. The monoisotopic (exact) mass is 414 g/mol. The summed E-state index contributed by atoms with van der Waals surface area (Å²) in [7, 11) is 3.79. The van der Waals surface area contributed by atoms with Crippen LogP contribution in [0.1, 0.15) is 23.7 Å². The number of benzene rings is 1. The van der Waals surface area contributed by atoms with Crippen LogP contribution in [-0.4, -0.2) is 62.2 Å². The average Bonchev–Trinajstić information content (AvgIpc) is 3.17. The quantitative estimate of drug-likeness (QED) is 0.463. The molecule has 1 saturated heterocycles. The van der Waals surface area contributed by atoms with Gasteiger partial charge in [0, 0.05) is 29.7 Å². The van der Waals surface area contributed by atoms with E-state index in [0.29, 0.717) is 13.0 Å². The molecule has 8 nitrogen and oxygen atoms in total. The Kier molecular flexibility index (Phi) is 5.51. The summed E-state index contributed by atoms with van der Waals surface area (Å²) >= 11 is 0. The van der Waals surface area contributed by atoms with E-state index in [1.807, 2.05) is 18.2 Å². The minimum Gasteiger partial charge on any atom is -0.469 e. The van der Waals surface area contributed by atoms with Crippen LogP contribution in [-0.2, 0) is 35.0 Å². The standard InChI is InChI=1S/C22H26N2O6/c1-28-20(25)15-11-24-9-8-13-12-6-4-5-7-16(12)23-19(13)17(24)10-14(15)18(21(26)29-2)22(27)30-3/h4-7,14-15,17-18,23H,8-11H2,1-3H3/t14-,15+,17+/m0/s1. The SMILES string of the molecule is COC(=O)C(C(=O)OC)[C@H]1C[C@@H]2c3[nH]c4ccccc4c3CCN2C[C@H]1C(=O)OC. The third-order valence-corrected chi connectivity index (χ3v) is 6.56. The minimum atomic E-state index is -1.18. The molecular formula is C22H26N2O6. The lowest BCUT2D eigenvalue weighted by Crippen LogP contribution is -2.52. The molecule has 2 aliphatic heterocycles. The predicted octanol–water partition coefficient (Wildman–Crippen LogP) is 1.84. The molecule has 1 fully saturated rings. The summed E-state index contributed by atoms with van der Waals surface area (Å²) in [5.74, 6) is -4.21. The molecule has 8 heteroatoms. The number of aromatic nitrogens is 1. The maximum Gasteiger partial charge on any atom is 0.320 e. The van der Waals surface area contributed by atoms with Crippen molar-refractivity contribution in [1.29, 1.82) is 0 Å². The second-order valence-corrected chi connectivity index (χ2v) is 7.88. The van der Waals surface area contributed by atoms with Crippen molar-refractivity contribution >= 4 is 28.8 Å². The lowest BCUT2D eigenvalue weighted by Gasteiger charge is -2.46. The molecule has 2 aromatic rings. The Balaban J connectivity index is 1.76. The van der Waals surface area contributed by atoms with Crippen molar-refractivity contribution in [2.45, 2.75) is 18.9 Å². The van der Waals surface area contributed by atoms with Gasteiger partial charge in [-0.05, 0) is 30.4 Å². The Bertz CT molecular complexity index is 967. The number of rotatable bonds is 4. The van der Waals surface area contributed by atoms with Gasteiger partial charge in [-0.1, -0.05) is 18.2 Å². The van der Waals surface area contributed by atoms with E-state index in [2.05, 4.69) is 16.0 Å². The van der Waals surface area contributed by atoms with Gasteiger partial charge in [0.25, 0.3) is 0 Å². The number of hydrogen-bond donors (Lipinski definition) is 1. The summed E-state index contributed by atoms with van der Waals surface area (Å²) in [4.78, 5) is 43.4. The van der Waals surface area contributed by atoms with E-state index in [1.54, 1.807) is 0 Å². The summed E-state index contributed by atoms with van der Waals surface area (Å²) in [5.41, 5.74) is 3.41. The minimum absolute atomic E-state index is 0.0381. The maximum absolute atomic E-state index is 12.6. The molecule has 0 spiro atoms. The zero-order valence-electron chi connectivity index (χ0n) is 17.3. The number of piperidine rings is 1. The number of methoxy groups -OCH3 is 3. The summed E-state index contributed by atoms with van der Waals surface area (Å²) in [5, 5.41) is 1.19. The highest BCUT2D eigenvalue weighted by atomic mass is 16.5. The van der Waals surface area contributed by atoms with E-state index in [4.69, 9.17) is 14.2 Å². The molecule has 1 aromatic carbocycles. The number of H-pyrrole nitrogens is 1. The fraction of sp³-hybridized carbons (Fsp3) is 0.500. The van der Waals surface area contributed by atoms with E-state index in [1.165, 1.54) is 32.3 Å². The van der Waals surface area contributed by atoms with Crippen LogP contribution in [0, 0.1) is 17.8 Å². The van der Waals surface area contributed by atoms with Gasteiger partial charge in [-0.25, -0.2) is 0 Å². The van der Waals surface area contributed by atoms with Crippen LogP contribution >= 0.6 is 0 Å². The van der Waals surface area contributed by atoms with Gasteiger partial charge in [-0.2, -0.15) is 0 Å². The van der Waals surface area contributed by atoms with Crippen LogP contribution in [0.3, 0.4) is 0 Å². The molecule has 2 aliphatic rings. The Morgan fingerprint density at radius 2 is 1.77 bits per heavy atom. The lowest BCUT2D eigenvalue weighted by molar-refractivity contribution is -0.168. The summed E-state index contributed by atoms with van der Waals surface area (Å²) in [6.07, 6.45) is 1.31. The molecule has 3 atom stereocenters. The maximum atomic E-state index is 12.6. The molecule has 0 aliphatic carbocycles. The van der Waals surface area contributed by atoms with Gasteiger partial charge in [-0.3, -0.25) is 19.3 Å². The van der Waals surface area contributed by atoms with Crippen LogP contribution in [0.5, 0.6) is 0 Å². The van der Waals surface area contributed by atoms with Crippen LogP contribution in [0.15, 0.2) is 24.3 Å². The molecule has 4 rings (SSSR count). The Morgan fingerprint density at radius 1 is 1.07 bits per heavy atom. The van der Waals surface area contributed by atoms with Crippen LogP contribution < -0.4 is 0 Å². The first kappa shape index (κ1) is 20.4. The molecule has 0 radical (unpaired) electrons. The van der Waals surface area contributed by atoms with Gasteiger partial charge >= 0.3 is 17.9 Å². The molecule has 0 amide bonds. The molecule has 0 bridgehead atoms. The number of esters is 3. The molecular weight excluding hydrogens is 388 g/mol. The van der Waals surface area contributed by atoms with Crippen LogP contribution in [0.4, 0.5) is 0 Å². The number of nitrogens with zero attached hydrogens (tertiary/aromatic N) is 1. The summed E-state index contributed by atoms with van der Waals surface area (Å²) < 4.78 is 14.8. The van der Waals surface area contributed by atoms with Gasteiger partial charge in [0.05, 0.1) is 33.3 Å². The van der Waals surface area contributed by atoms with Gasteiger partial charge < -0.3 is 19.2 Å². The van der Waals surface area contributed by atoms with Crippen molar-refractivity contribution < 1.29 is 28.6 Å². The highest BCUT2D eigenvalue weighted by Gasteiger charge is 2.50. The normalized spacial score (nSPS) is 23.5. The number of aromatic amines is 1. The van der Waals surface area contributed by atoms with Crippen LogP contribution in [0.2, 0.25) is 0 Å². The van der Waals surface area contributed by atoms with Crippen molar-refractivity contribution in [3.63, 3.8) is 0 Å². The molecule has 3 heterocycles. The number of carbonyl (C=O) groups excluding carboxylic acids is 3. The lowest BCUT2D eigenvalue weighted by atomic mass is 9.72. The molecule has 0 unspecified atom stereocenters. The number of fused-ring (bicyclic) bond motifs is 5. The number of carbonyl (C=O) groups is 3. The van der Waals surface area contributed by atoms with E-state index in [0.717, 1.165) is 24.2 Å². The first-order valence-corrected chi connectivity index (χ1v) is 10.1. The molecule has 0 saturated carbocycles. The summed E-state index contributed by atoms with van der Waals surface area (Å²) in [6, 6.07) is 8.11. The fourth-order valence-corrected chi connectivity index (χ4v) is 5.13. The number of nitrogens with one attached hydrogen (secondary N) is 1. The number of hydrogen-bond acceptors (Lipinski definition) is 7. The van der Waals surface area contributed by atoms with Crippen molar-refractivity contribution in [2.75, 3.05) is 34.4 Å². The topological polar surface area (TPSA) is 97.9 Å². The largest absolute Gasteiger partial charge is 0.469 e. The van der Waals surface area contributed by atoms with E-state index >= 15 is 0 Å². The summed E-state index contributed by atoms with van der Waals surface area (Å²) in [6.45, 7) is 1.20. The Labute approximate surface area is 174 Å². The zero-order valence-corrected chi connectivity index (χ0v) is 17.3. The number of ether oxygens (including phenoxy) is 3. The van der Waals surface area contributed by atoms with Crippen molar-refractivity contribution in [3.8, 4) is 0 Å². The van der Waals surface area contributed by atoms with Crippen molar-refractivity contribution in [1.82, 2.24) is 9.88 Å². The Hall–Kier alpha value is -2.87. The first-order valence-electron chi connectivity index (χ1n) is 10.1. The van der Waals surface area contributed by atoms with Crippen LogP contribution in [0.25, 0.3) is 10.9 Å². The zero-order chi connectivity index (χ0) is 21.4.